The summed E-state index contributed by atoms with van der Waals surface area (Å²) in [6, 6.07) is 13.6. The van der Waals surface area contributed by atoms with E-state index in [0.717, 1.165) is 12.4 Å². The maximum atomic E-state index is 11.9. The molecule has 0 amide bonds. The molecule has 3 nitrogen and oxygen atoms in total. The summed E-state index contributed by atoms with van der Waals surface area (Å²) < 4.78 is 41.1. The van der Waals surface area contributed by atoms with Gasteiger partial charge in [0.25, 0.3) is 0 Å². The van der Waals surface area contributed by atoms with Crippen molar-refractivity contribution >= 4 is 13.6 Å². The summed E-state index contributed by atoms with van der Waals surface area (Å²) in [5.41, 5.74) is 3.32. The minimum Gasteiger partial charge on any atom is -0.494 e. The molecule has 0 aromatic heterocycles. The molecule has 0 saturated carbocycles. The number of carbonyl (C=O) groups excluding carboxylic acids is 2. The summed E-state index contributed by atoms with van der Waals surface area (Å²) in [6.45, 7) is 12.5. The van der Waals surface area contributed by atoms with Crippen molar-refractivity contribution in [2.75, 3.05) is 6.61 Å². The first-order valence-corrected chi connectivity index (χ1v) is 8.03. The molecular weight excluding hydrogens is 408 g/mol. The molecule has 0 fully saturated rings. The Kier molecular flexibility index (Phi) is 24.8. The number of carbonyl (C=O) groups is 2. The molecule has 0 N–H and O–H groups in total. The van der Waals surface area contributed by atoms with Crippen molar-refractivity contribution < 1.29 is 78.9 Å². The monoisotopic (exact) mass is 437 g/mol. The van der Waals surface area contributed by atoms with Crippen molar-refractivity contribution in [2.24, 2.45) is 0 Å². The molecule has 7 heteroatoms. The Morgan fingerprint density at radius 2 is 1.59 bits per heavy atom. The summed E-state index contributed by atoms with van der Waals surface area (Å²) in [5.74, 6) is 1.01. The van der Waals surface area contributed by atoms with E-state index in [9.17, 15) is 13.2 Å². The van der Waals surface area contributed by atoms with E-state index in [2.05, 4.69) is 38.1 Å². The van der Waals surface area contributed by atoms with Gasteiger partial charge in [-0.3, -0.25) is 0 Å². The van der Waals surface area contributed by atoms with Crippen molar-refractivity contribution in [1.82, 2.24) is 0 Å². The molecule has 0 aliphatic heterocycles. The van der Waals surface area contributed by atoms with Crippen LogP contribution in [0.1, 0.15) is 29.2 Å². The molecule has 2 aromatic carbocycles. The normalized spacial score (nSPS) is 8.79. The second-order valence-electron chi connectivity index (χ2n) is 5.31. The maximum Gasteiger partial charge on any atom is 1.00 e. The van der Waals surface area contributed by atoms with E-state index in [0.29, 0.717) is 11.1 Å². The van der Waals surface area contributed by atoms with E-state index in [4.69, 9.17) is 14.3 Å². The molecule has 0 unspecified atom stereocenters. The molecule has 0 radical (unpaired) electrons. The van der Waals surface area contributed by atoms with Gasteiger partial charge in [-0.15, -0.1) is 5.56 Å². The summed E-state index contributed by atoms with van der Waals surface area (Å²) in [6.07, 6.45) is -4.99. The van der Waals surface area contributed by atoms with Gasteiger partial charge in [0.1, 0.15) is 19.3 Å². The second-order valence-corrected chi connectivity index (χ2v) is 5.31. The zero-order chi connectivity index (χ0) is 21.5. The molecule has 0 aliphatic carbocycles. The van der Waals surface area contributed by atoms with Crippen molar-refractivity contribution in [3.63, 3.8) is 0 Å². The topological polar surface area (TPSA) is 43.4 Å². The zero-order valence-electron chi connectivity index (χ0n) is 18.2. The zero-order valence-corrected chi connectivity index (χ0v) is 21.3. The molecule has 2 rings (SSSR count). The van der Waals surface area contributed by atoms with Gasteiger partial charge >= 0.3 is 57.6 Å². The van der Waals surface area contributed by atoms with Crippen molar-refractivity contribution in [3.8, 4) is 5.75 Å². The van der Waals surface area contributed by atoms with Gasteiger partial charge in [0.15, 0.2) is 0 Å². The van der Waals surface area contributed by atoms with Crippen LogP contribution >= 0.6 is 0 Å². The third-order valence-corrected chi connectivity index (χ3v) is 3.21. The summed E-state index contributed by atoms with van der Waals surface area (Å²) in [5, 5.41) is 0. The van der Waals surface area contributed by atoms with E-state index in [-0.39, 0.29) is 58.8 Å². The predicted octanol–water partition coefficient (Wildman–Crippen LogP) is 2.69. The number of ether oxygens (including phenoxy) is 1. The van der Waals surface area contributed by atoms with Gasteiger partial charge in [-0.2, -0.15) is 43.0 Å². The summed E-state index contributed by atoms with van der Waals surface area (Å²) in [7, 11) is 0. The van der Waals surface area contributed by atoms with Gasteiger partial charge in [0.2, 0.25) is 0 Å². The third-order valence-electron chi connectivity index (χ3n) is 3.21. The molecule has 0 spiro atoms. The van der Waals surface area contributed by atoms with Gasteiger partial charge in [-0.25, -0.2) is 0 Å². The number of benzene rings is 2. The average Bonchev–Trinajstić information content (AvgIpc) is 2.63. The Balaban J connectivity index is -0.000000174. The molecule has 158 valence electrons. The van der Waals surface area contributed by atoms with Crippen LogP contribution in [-0.4, -0.2) is 26.4 Å². The van der Waals surface area contributed by atoms with Gasteiger partial charge < -0.3 is 21.8 Å². The fourth-order valence-corrected chi connectivity index (χ4v) is 1.98. The van der Waals surface area contributed by atoms with Crippen LogP contribution in [0, 0.1) is 34.3 Å². The van der Waals surface area contributed by atoms with E-state index in [1.165, 1.54) is 17.2 Å². The molecule has 2 aromatic rings. The number of hydrogen-bond acceptors (Lipinski definition) is 3. The van der Waals surface area contributed by atoms with Crippen LogP contribution < -0.4 is 56.1 Å². The number of rotatable bonds is 3. The van der Waals surface area contributed by atoms with E-state index >= 15 is 0 Å². The second kappa shape index (κ2) is 20.3. The van der Waals surface area contributed by atoms with Crippen LogP contribution in [0.2, 0.25) is 0 Å². The van der Waals surface area contributed by atoms with Gasteiger partial charge in [-0.05, 0) is 38.0 Å². The van der Waals surface area contributed by atoms with Gasteiger partial charge in [-0.1, -0.05) is 19.1 Å². The average molecular weight is 438 g/mol. The molecule has 0 saturated heterocycles. The first-order valence-electron chi connectivity index (χ1n) is 8.03. The van der Waals surface area contributed by atoms with E-state index < -0.39 is 12.6 Å². The van der Waals surface area contributed by atoms with Crippen LogP contribution in [0.5, 0.6) is 5.75 Å². The number of hydrogen-bond donors (Lipinski definition) is 0. The molecule has 0 bridgehead atoms. The van der Waals surface area contributed by atoms with E-state index in [1.54, 1.807) is 19.1 Å². The third kappa shape index (κ3) is 17.6. The van der Waals surface area contributed by atoms with E-state index in [1.807, 2.05) is 20.5 Å². The quantitative estimate of drug-likeness (QED) is 0.548. The van der Waals surface area contributed by atoms with Crippen LogP contribution in [0.15, 0.2) is 36.4 Å². The van der Waals surface area contributed by atoms with Crippen molar-refractivity contribution in [2.45, 2.75) is 40.3 Å². The smallest absolute Gasteiger partial charge is 0.494 e. The predicted molar refractivity (Wildman–Crippen MR) is 108 cm³/mol. The minimum atomic E-state index is -4.13. The first-order chi connectivity index (χ1) is 12.7. The molecule has 0 atom stereocenters. The van der Waals surface area contributed by atoms with Gasteiger partial charge in [0, 0.05) is 6.42 Å². The van der Waals surface area contributed by atoms with Crippen molar-refractivity contribution in [3.05, 3.63) is 72.1 Å². The molecular formula is C22H29F3KO3-. The Labute approximate surface area is 215 Å². The van der Waals surface area contributed by atoms with Crippen LogP contribution in [-0.2, 0) is 16.0 Å². The largest absolute Gasteiger partial charge is 1.00 e. The summed E-state index contributed by atoms with van der Waals surface area (Å²) >= 11 is 0. The number of aryl methyl sites for hydroxylation is 3. The van der Waals surface area contributed by atoms with Crippen LogP contribution in [0.3, 0.4) is 0 Å². The standard InChI is InChI=1S/C10H14O.C9H8F3.2CH2O.CH3.K/c1-4-11-10-7-8(2)5-6-9(10)3;1-7-4-2-3-5-8(7)6-9(10,11)12;2*1-2;;/h5-7H,4H2,1-3H3;2-3,5H,6H2,1H3;2*1H2;1H3;/q;-1;;;-1;+1. The first kappa shape index (κ1) is 35.4. The van der Waals surface area contributed by atoms with Crippen molar-refractivity contribution in [1.29, 1.82) is 0 Å². The van der Waals surface area contributed by atoms with Crippen LogP contribution in [0.25, 0.3) is 0 Å². The fraction of sp³-hybridized carbons (Fsp3) is 0.318. The Morgan fingerprint density at radius 3 is 2.03 bits per heavy atom. The SMILES string of the molecule is C=O.C=O.CCOc1cc(C)ccc1C.Cc1[c-]cccc1CC(F)(F)F.[CH3-].[K+]. The molecule has 0 aliphatic rings. The van der Waals surface area contributed by atoms with Gasteiger partial charge in [0.05, 0.1) is 6.61 Å². The summed E-state index contributed by atoms with van der Waals surface area (Å²) in [4.78, 5) is 16.0. The Morgan fingerprint density at radius 1 is 1.03 bits per heavy atom. The minimum absolute atomic E-state index is 0. The Bertz CT molecular complexity index is 660. The number of halogens is 3. The number of alkyl halides is 3. The molecule has 0 heterocycles. The Hall–Kier alpha value is -0.994. The molecule has 29 heavy (non-hydrogen) atoms. The van der Waals surface area contributed by atoms with Crippen LogP contribution in [0.4, 0.5) is 13.2 Å². The maximum absolute atomic E-state index is 11.9. The fourth-order valence-electron chi connectivity index (χ4n) is 1.98.